The van der Waals surface area contributed by atoms with Gasteiger partial charge in [-0.15, -0.1) is 0 Å². The first-order chi connectivity index (χ1) is 9.99. The van der Waals surface area contributed by atoms with Gasteiger partial charge in [0.15, 0.2) is 0 Å². The number of rotatable bonds is 4. The lowest BCUT2D eigenvalue weighted by molar-refractivity contribution is 0.577. The molecule has 112 valence electrons. The Balaban J connectivity index is 2.47. The van der Waals surface area contributed by atoms with Crippen LogP contribution in [-0.4, -0.2) is 7.05 Å². The fourth-order valence-corrected chi connectivity index (χ4v) is 3.45. The zero-order valence-electron chi connectivity index (χ0n) is 11.7. The van der Waals surface area contributed by atoms with E-state index in [1.54, 1.807) is 6.07 Å². The maximum absolute atomic E-state index is 6.28. The van der Waals surface area contributed by atoms with E-state index in [0.717, 1.165) is 12.0 Å². The van der Waals surface area contributed by atoms with E-state index >= 15 is 0 Å². The van der Waals surface area contributed by atoms with Crippen LogP contribution < -0.4 is 5.32 Å². The van der Waals surface area contributed by atoms with Gasteiger partial charge < -0.3 is 5.32 Å². The summed E-state index contributed by atoms with van der Waals surface area (Å²) in [6.45, 7) is 2.14. The van der Waals surface area contributed by atoms with Crippen LogP contribution in [0.1, 0.15) is 24.9 Å². The molecule has 0 spiro atoms. The van der Waals surface area contributed by atoms with Gasteiger partial charge in [-0.3, -0.25) is 0 Å². The van der Waals surface area contributed by atoms with Crippen molar-refractivity contribution in [1.29, 1.82) is 0 Å². The van der Waals surface area contributed by atoms with Crippen LogP contribution in [-0.2, 0) is 0 Å². The summed E-state index contributed by atoms with van der Waals surface area (Å²) in [5, 5.41) is 4.82. The molecule has 0 radical (unpaired) electrons. The Labute approximate surface area is 145 Å². The molecule has 0 saturated carbocycles. The Hall–Kier alpha value is -0.440. The molecule has 0 saturated heterocycles. The number of nitrogens with one attached hydrogen (secondary N) is 1. The molecule has 21 heavy (non-hydrogen) atoms. The second kappa shape index (κ2) is 7.21. The van der Waals surface area contributed by atoms with Crippen LogP contribution in [0, 0.1) is 0 Å². The molecule has 2 aromatic rings. The quantitative estimate of drug-likeness (QED) is 0.474. The highest BCUT2D eigenvalue weighted by molar-refractivity contribution is 6.51. The molecular formula is C16H15Cl4N. The largest absolute Gasteiger partial charge is 0.313 e. The van der Waals surface area contributed by atoms with Crippen molar-refractivity contribution in [3.05, 3.63) is 56.0 Å². The summed E-state index contributed by atoms with van der Waals surface area (Å²) in [5.41, 5.74) is 2.84. The molecule has 5 heteroatoms. The third kappa shape index (κ3) is 3.49. The van der Waals surface area contributed by atoms with Crippen molar-refractivity contribution in [3.63, 3.8) is 0 Å². The molecular weight excluding hydrogens is 348 g/mol. The molecule has 1 unspecified atom stereocenters. The Morgan fingerprint density at radius 3 is 2.10 bits per heavy atom. The van der Waals surface area contributed by atoms with Crippen LogP contribution >= 0.6 is 46.4 Å². The van der Waals surface area contributed by atoms with Crippen LogP contribution in [0.15, 0.2) is 30.3 Å². The van der Waals surface area contributed by atoms with E-state index < -0.39 is 0 Å². The maximum atomic E-state index is 6.28. The number of halogens is 4. The van der Waals surface area contributed by atoms with E-state index in [9.17, 15) is 0 Å². The third-order valence-electron chi connectivity index (χ3n) is 3.47. The first kappa shape index (κ1) is 16.9. The van der Waals surface area contributed by atoms with Gasteiger partial charge in [-0.25, -0.2) is 0 Å². The molecule has 1 nitrogen and oxygen atoms in total. The van der Waals surface area contributed by atoms with Crippen LogP contribution in [0.2, 0.25) is 20.1 Å². The van der Waals surface area contributed by atoms with Crippen LogP contribution in [0.3, 0.4) is 0 Å². The first-order valence-corrected chi connectivity index (χ1v) is 8.11. The highest BCUT2D eigenvalue weighted by Gasteiger charge is 2.16. The Kier molecular flexibility index (Phi) is 5.81. The monoisotopic (exact) mass is 361 g/mol. The summed E-state index contributed by atoms with van der Waals surface area (Å²) in [7, 11) is 1.95. The maximum Gasteiger partial charge on any atom is 0.0785 e. The Morgan fingerprint density at radius 2 is 1.57 bits per heavy atom. The average Bonchev–Trinajstić information content (AvgIpc) is 2.48. The van der Waals surface area contributed by atoms with Crippen molar-refractivity contribution in [2.24, 2.45) is 0 Å². The summed E-state index contributed by atoms with van der Waals surface area (Å²) in [4.78, 5) is 0. The van der Waals surface area contributed by atoms with Crippen LogP contribution in [0.25, 0.3) is 11.1 Å². The van der Waals surface area contributed by atoms with Gasteiger partial charge in [0, 0.05) is 11.6 Å². The van der Waals surface area contributed by atoms with Crippen molar-refractivity contribution in [2.45, 2.75) is 19.4 Å². The van der Waals surface area contributed by atoms with Gasteiger partial charge in [-0.1, -0.05) is 77.6 Å². The lowest BCUT2D eigenvalue weighted by Crippen LogP contribution is -2.14. The van der Waals surface area contributed by atoms with Gasteiger partial charge in [-0.2, -0.15) is 0 Å². The Bertz CT molecular complexity index is 634. The summed E-state index contributed by atoms with van der Waals surface area (Å²) >= 11 is 24.6. The molecule has 2 rings (SSSR count). The highest BCUT2D eigenvalue weighted by atomic mass is 35.5. The standard InChI is InChI=1S/C16H15Cl4N/c1-3-13(21-2)9-4-6-10(7-5-9)14-11(17)8-12(18)15(19)16(14)20/h4-8,13,21H,3H2,1-2H3. The SMILES string of the molecule is CCC(NC)c1ccc(-c2c(Cl)cc(Cl)c(Cl)c2Cl)cc1. The second-order valence-electron chi connectivity index (χ2n) is 4.71. The lowest BCUT2D eigenvalue weighted by atomic mass is 9.99. The predicted molar refractivity (Wildman–Crippen MR) is 94.0 cm³/mol. The summed E-state index contributed by atoms with van der Waals surface area (Å²) < 4.78 is 0. The molecule has 1 atom stereocenters. The second-order valence-corrected chi connectivity index (χ2v) is 6.29. The number of hydrogen-bond donors (Lipinski definition) is 1. The zero-order valence-corrected chi connectivity index (χ0v) is 14.7. The van der Waals surface area contributed by atoms with Gasteiger partial charge in [0.1, 0.15) is 0 Å². The van der Waals surface area contributed by atoms with Gasteiger partial charge in [-0.05, 0) is 30.7 Å². The molecule has 0 fully saturated rings. The molecule has 0 aliphatic rings. The van der Waals surface area contributed by atoms with Crippen molar-refractivity contribution in [2.75, 3.05) is 7.05 Å². The normalized spacial score (nSPS) is 12.5. The van der Waals surface area contributed by atoms with E-state index in [2.05, 4.69) is 24.4 Å². The van der Waals surface area contributed by atoms with E-state index in [1.807, 2.05) is 19.2 Å². The minimum atomic E-state index is 0.323. The molecule has 0 heterocycles. The predicted octanol–water partition coefficient (Wildman–Crippen LogP) is 6.64. The number of benzene rings is 2. The first-order valence-electron chi connectivity index (χ1n) is 6.60. The van der Waals surface area contributed by atoms with E-state index in [4.69, 9.17) is 46.4 Å². The molecule has 1 N–H and O–H groups in total. The van der Waals surface area contributed by atoms with Gasteiger partial charge >= 0.3 is 0 Å². The average molecular weight is 363 g/mol. The van der Waals surface area contributed by atoms with Gasteiger partial charge in [0.25, 0.3) is 0 Å². The summed E-state index contributed by atoms with van der Waals surface area (Å²) in [6, 6.07) is 10.1. The van der Waals surface area contributed by atoms with Crippen molar-refractivity contribution in [3.8, 4) is 11.1 Å². The smallest absolute Gasteiger partial charge is 0.0785 e. The van der Waals surface area contributed by atoms with Gasteiger partial charge in [0.2, 0.25) is 0 Å². The van der Waals surface area contributed by atoms with Crippen molar-refractivity contribution >= 4 is 46.4 Å². The lowest BCUT2D eigenvalue weighted by Gasteiger charge is -2.15. The Morgan fingerprint density at radius 1 is 0.952 bits per heavy atom. The summed E-state index contributed by atoms with van der Waals surface area (Å²) in [5.74, 6) is 0. The molecule has 0 bridgehead atoms. The van der Waals surface area contributed by atoms with Crippen molar-refractivity contribution < 1.29 is 0 Å². The molecule has 0 aromatic heterocycles. The van der Waals surface area contributed by atoms with E-state index in [-0.39, 0.29) is 0 Å². The van der Waals surface area contributed by atoms with Crippen molar-refractivity contribution in [1.82, 2.24) is 5.32 Å². The summed E-state index contributed by atoms with van der Waals surface area (Å²) in [6.07, 6.45) is 1.02. The van der Waals surface area contributed by atoms with Crippen LogP contribution in [0.4, 0.5) is 0 Å². The molecule has 0 aliphatic heterocycles. The highest BCUT2D eigenvalue weighted by Crippen LogP contribution is 2.43. The fourth-order valence-electron chi connectivity index (χ4n) is 2.32. The number of hydrogen-bond acceptors (Lipinski definition) is 1. The minimum absolute atomic E-state index is 0.323. The third-order valence-corrected chi connectivity index (χ3v) is 5.03. The van der Waals surface area contributed by atoms with E-state index in [0.29, 0.717) is 31.7 Å². The van der Waals surface area contributed by atoms with Crippen LogP contribution in [0.5, 0.6) is 0 Å². The molecule has 0 amide bonds. The fraction of sp³-hybridized carbons (Fsp3) is 0.250. The van der Waals surface area contributed by atoms with E-state index in [1.165, 1.54) is 5.56 Å². The topological polar surface area (TPSA) is 12.0 Å². The molecule has 2 aromatic carbocycles. The van der Waals surface area contributed by atoms with Gasteiger partial charge in [0.05, 0.1) is 20.1 Å². The minimum Gasteiger partial charge on any atom is -0.313 e. The molecule has 0 aliphatic carbocycles. The zero-order chi connectivity index (χ0) is 15.6.